The van der Waals surface area contributed by atoms with Crippen LogP contribution in [0.2, 0.25) is 0 Å². The van der Waals surface area contributed by atoms with Gasteiger partial charge in [-0.1, -0.05) is 87.1 Å². The van der Waals surface area contributed by atoms with Crippen LogP contribution in [0.5, 0.6) is 0 Å². The van der Waals surface area contributed by atoms with Gasteiger partial charge in [-0.2, -0.15) is 0 Å². The van der Waals surface area contributed by atoms with Crippen LogP contribution in [0.25, 0.3) is 0 Å². The van der Waals surface area contributed by atoms with Gasteiger partial charge in [-0.05, 0) is 149 Å². The third kappa shape index (κ3) is 12.0. The van der Waals surface area contributed by atoms with Crippen molar-refractivity contribution in [3.63, 3.8) is 0 Å². The minimum atomic E-state index is -0.892. The number of fused-ring (bicyclic) bond motifs is 2. The van der Waals surface area contributed by atoms with Gasteiger partial charge in [0, 0.05) is 36.3 Å². The molecule has 9 atom stereocenters. The van der Waals surface area contributed by atoms with E-state index in [4.69, 9.17) is 5.73 Å². The number of hydrogen-bond acceptors (Lipinski definition) is 9. The van der Waals surface area contributed by atoms with Crippen LogP contribution in [-0.2, 0) is 36.8 Å². The predicted octanol–water partition coefficient (Wildman–Crippen LogP) is 5.05. The Labute approximate surface area is 435 Å². The minimum Gasteiger partial charge on any atom is -0.347 e. The summed E-state index contributed by atoms with van der Waals surface area (Å²) in [6.45, 7) is 1.96. The molecule has 0 radical (unpaired) electrons. The molecule has 2 saturated heterocycles. The summed E-state index contributed by atoms with van der Waals surface area (Å²) >= 11 is 0. The van der Waals surface area contributed by atoms with Crippen molar-refractivity contribution in [3.8, 4) is 0 Å². The maximum Gasteiger partial charge on any atom is 0.251 e. The molecule has 16 nitrogen and oxygen atoms in total. The van der Waals surface area contributed by atoms with E-state index in [-0.39, 0.29) is 84.9 Å². The highest BCUT2D eigenvalue weighted by molar-refractivity contribution is 5.99. The van der Waals surface area contributed by atoms with Crippen LogP contribution in [-0.4, -0.2) is 114 Å². The molecule has 0 unspecified atom stereocenters. The van der Waals surface area contributed by atoms with Gasteiger partial charge < -0.3 is 47.4 Å². The zero-order valence-electron chi connectivity index (χ0n) is 43.3. The molecular weight excluding hydrogens is 935 g/mol. The number of nitrogens with two attached hydrogens (primary N) is 1. The Hall–Kier alpha value is -6.13. The number of likely N-dealkylation sites (N-methyl/N-ethyl adjacent to an activating group) is 1. The zero-order valence-corrected chi connectivity index (χ0v) is 43.3. The predicted molar refractivity (Wildman–Crippen MR) is 281 cm³/mol. The summed E-state index contributed by atoms with van der Waals surface area (Å²) in [7, 11) is 1.69. The third-order valence-corrected chi connectivity index (χ3v) is 17.2. The van der Waals surface area contributed by atoms with Crippen molar-refractivity contribution in [1.29, 1.82) is 0 Å². The van der Waals surface area contributed by atoms with Crippen molar-refractivity contribution >= 4 is 41.4 Å². The van der Waals surface area contributed by atoms with E-state index in [9.17, 15) is 33.6 Å². The second kappa shape index (κ2) is 24.0. The molecule has 4 aliphatic carbocycles. The topological polar surface area (TPSA) is 224 Å². The molecule has 7 amide bonds. The maximum atomic E-state index is 14.9. The normalized spacial score (nSPS) is 25.3. The number of nitrogens with one attached hydrogen (secondary N) is 6. The number of amides is 7. The van der Waals surface area contributed by atoms with Crippen LogP contribution in [0, 0.1) is 11.8 Å². The number of carbonyl (C=O) groups excluding carboxylic acids is 7. The lowest BCUT2D eigenvalue weighted by atomic mass is 9.83. The van der Waals surface area contributed by atoms with E-state index in [0.29, 0.717) is 5.56 Å². The van der Waals surface area contributed by atoms with Crippen LogP contribution >= 0.6 is 0 Å². The van der Waals surface area contributed by atoms with Crippen molar-refractivity contribution in [2.75, 3.05) is 20.1 Å². The number of benzene rings is 3. The molecule has 74 heavy (non-hydrogen) atoms. The molecule has 0 bridgehead atoms. The summed E-state index contributed by atoms with van der Waals surface area (Å²) in [5.41, 5.74) is 11.8. The van der Waals surface area contributed by atoms with E-state index in [1.165, 1.54) is 11.1 Å². The van der Waals surface area contributed by atoms with E-state index in [0.717, 1.165) is 114 Å². The van der Waals surface area contributed by atoms with E-state index in [1.54, 1.807) is 48.0 Å². The number of hydrogen-bond donors (Lipinski definition) is 7. The molecule has 16 heteroatoms. The first kappa shape index (κ1) is 52.7. The lowest BCUT2D eigenvalue weighted by molar-refractivity contribution is -0.143. The largest absolute Gasteiger partial charge is 0.347 e. The first-order chi connectivity index (χ1) is 35.9. The molecule has 9 rings (SSSR count). The van der Waals surface area contributed by atoms with Gasteiger partial charge >= 0.3 is 0 Å². The molecule has 2 heterocycles. The number of rotatable bonds is 15. The Balaban J connectivity index is 0.873. The molecule has 396 valence electrons. The van der Waals surface area contributed by atoms with Crippen molar-refractivity contribution < 1.29 is 33.6 Å². The fourth-order valence-electron chi connectivity index (χ4n) is 12.8. The number of nitrogens with zero attached hydrogens (tertiary/aromatic N) is 2. The standard InChI is InChI=1S/C58H77N9O7/c1-35(60-2)52(68)65-51(39-19-7-4-8-20-39)58(74)67-34-43(32-49(67)56(72)64-47-26-14-22-37-16-10-12-24-45(37)47)62-54(70)41-29-27-40(28-30-41)53(69)61-42-31-48(66(33-42)57(73)50(59)38-17-5-3-6-18-38)55(71)63-46-25-13-21-36-15-9-11-23-44(36)46/h9-12,15-16,23-24,27-30,35,38-39,42-43,46-51,60H,3-8,13-14,17-22,25-26,31-34,59H2,1-2H3,(H,61,69)(H,62,70)(H,63,71)(H,64,72)(H,65,68)/t35-,42-,43-,46-,47-,48-,49-,50-,51-/m0/s1. The molecule has 2 saturated carbocycles. The highest BCUT2D eigenvalue weighted by atomic mass is 16.2. The molecule has 0 spiro atoms. The number of carbonyl (C=O) groups is 7. The first-order valence-electron chi connectivity index (χ1n) is 27.7. The Morgan fingerprint density at radius 3 is 1.46 bits per heavy atom. The monoisotopic (exact) mass is 1010 g/mol. The highest BCUT2D eigenvalue weighted by Gasteiger charge is 2.46. The third-order valence-electron chi connectivity index (χ3n) is 17.2. The smallest absolute Gasteiger partial charge is 0.251 e. The van der Waals surface area contributed by atoms with E-state index >= 15 is 0 Å². The van der Waals surface area contributed by atoms with Crippen molar-refractivity contribution in [2.24, 2.45) is 17.6 Å². The molecule has 3 aromatic carbocycles. The second-order valence-electron chi connectivity index (χ2n) is 22.0. The molecular formula is C58H77N9O7. The van der Waals surface area contributed by atoms with Gasteiger partial charge in [0.1, 0.15) is 18.1 Å². The summed E-state index contributed by atoms with van der Waals surface area (Å²) in [5, 5.41) is 18.7. The highest BCUT2D eigenvalue weighted by Crippen LogP contribution is 2.35. The molecule has 6 aliphatic rings. The summed E-state index contributed by atoms with van der Waals surface area (Å²) in [6.07, 6.45) is 15.1. The van der Waals surface area contributed by atoms with Crippen LogP contribution in [0.1, 0.15) is 165 Å². The Kier molecular flexibility index (Phi) is 17.1. The van der Waals surface area contributed by atoms with Crippen molar-refractivity contribution in [2.45, 2.75) is 177 Å². The van der Waals surface area contributed by atoms with Crippen LogP contribution < -0.4 is 37.6 Å². The van der Waals surface area contributed by atoms with Crippen LogP contribution in [0.15, 0.2) is 72.8 Å². The summed E-state index contributed by atoms with van der Waals surface area (Å²) < 4.78 is 0. The lowest BCUT2D eigenvalue weighted by Crippen LogP contribution is -2.58. The Morgan fingerprint density at radius 1 is 0.541 bits per heavy atom. The Morgan fingerprint density at radius 2 is 0.986 bits per heavy atom. The van der Waals surface area contributed by atoms with E-state index in [1.807, 2.05) is 30.3 Å². The fraction of sp³-hybridized carbons (Fsp3) is 0.569. The molecule has 3 aromatic rings. The summed E-state index contributed by atoms with van der Waals surface area (Å²) in [5.74, 6) is -2.31. The number of aryl methyl sites for hydroxylation is 2. The van der Waals surface area contributed by atoms with Gasteiger partial charge in [0.2, 0.25) is 29.5 Å². The van der Waals surface area contributed by atoms with Gasteiger partial charge in [-0.25, -0.2) is 0 Å². The minimum absolute atomic E-state index is 0.0423. The van der Waals surface area contributed by atoms with Crippen molar-refractivity contribution in [1.82, 2.24) is 41.7 Å². The van der Waals surface area contributed by atoms with E-state index in [2.05, 4.69) is 50.1 Å². The molecule has 0 aromatic heterocycles. The SMILES string of the molecule is CN[C@@H](C)C(=O)N[C@H](C(=O)N1C[C@@H](NC(=O)c2ccc(C(=O)N[C@H]3C[C@@H](C(=O)N[C@H]4CCCc5ccccc54)N(C(=O)[C@@H](N)C4CCCCC4)C3)cc2)C[C@H]1C(=O)N[C@H]1CCCc2ccccc21)C1CCCCC1. The molecule has 2 aliphatic heterocycles. The van der Waals surface area contributed by atoms with E-state index < -0.39 is 54.1 Å². The first-order valence-corrected chi connectivity index (χ1v) is 27.7. The summed E-state index contributed by atoms with van der Waals surface area (Å²) in [6, 6.07) is 17.2. The van der Waals surface area contributed by atoms with Crippen LogP contribution in [0.4, 0.5) is 0 Å². The maximum absolute atomic E-state index is 14.9. The van der Waals surface area contributed by atoms with Gasteiger partial charge in [0.15, 0.2) is 0 Å². The fourth-order valence-corrected chi connectivity index (χ4v) is 12.8. The van der Waals surface area contributed by atoms with Crippen LogP contribution in [0.3, 0.4) is 0 Å². The van der Waals surface area contributed by atoms with Gasteiger partial charge in [-0.3, -0.25) is 33.6 Å². The average molecular weight is 1010 g/mol. The second-order valence-corrected chi connectivity index (χ2v) is 22.0. The van der Waals surface area contributed by atoms with Crippen molar-refractivity contribution in [3.05, 3.63) is 106 Å². The number of likely N-dealkylation sites (tertiary alicyclic amines) is 2. The molecule has 4 fully saturated rings. The molecule has 8 N–H and O–H groups in total. The summed E-state index contributed by atoms with van der Waals surface area (Å²) in [4.78, 5) is 102. The van der Waals surface area contributed by atoms with Gasteiger partial charge in [0.25, 0.3) is 11.8 Å². The quantitative estimate of drug-likeness (QED) is 0.108. The van der Waals surface area contributed by atoms with Gasteiger partial charge in [-0.15, -0.1) is 0 Å². The Bertz CT molecular complexity index is 2530. The lowest BCUT2D eigenvalue weighted by Gasteiger charge is -2.35. The van der Waals surface area contributed by atoms with Gasteiger partial charge in [0.05, 0.1) is 24.2 Å². The zero-order chi connectivity index (χ0) is 51.9. The average Bonchev–Trinajstić information content (AvgIpc) is 4.07.